The molecule has 94 valence electrons. The minimum absolute atomic E-state index is 0.0816. The Balaban J connectivity index is 2.82. The molecule has 0 aliphatic rings. The molecule has 0 saturated carbocycles. The summed E-state index contributed by atoms with van der Waals surface area (Å²) in [5.74, 6) is -0.690. The van der Waals surface area contributed by atoms with Crippen molar-refractivity contribution in [2.24, 2.45) is 0 Å². The number of alkyl halides is 3. The molecule has 0 unspecified atom stereocenters. The first kappa shape index (κ1) is 12.2. The second-order valence-corrected chi connectivity index (χ2v) is 3.48. The molecule has 0 saturated heterocycles. The molecule has 1 aromatic heterocycles. The summed E-state index contributed by atoms with van der Waals surface area (Å²) >= 11 is 0. The Kier molecular flexibility index (Phi) is 2.61. The normalized spacial score (nSPS) is 11.7. The number of fused-ring (bicyclic) bond motifs is 1. The zero-order chi connectivity index (χ0) is 13.5. The third kappa shape index (κ3) is 1.83. The topological polar surface area (TPSA) is 67.5 Å². The first-order valence-electron chi connectivity index (χ1n) is 4.67. The molecule has 7 heteroatoms. The van der Waals surface area contributed by atoms with Gasteiger partial charge in [0.2, 0.25) is 0 Å². The monoisotopic (exact) mass is 258 g/mol. The minimum atomic E-state index is -4.59. The highest BCUT2D eigenvalue weighted by atomic mass is 19.4. The Hall–Kier alpha value is -2.31. The molecule has 0 aliphatic carbocycles. The number of hydrogen-bond donors (Lipinski definition) is 1. The molecule has 0 spiro atoms. The van der Waals surface area contributed by atoms with Crippen molar-refractivity contribution in [1.82, 2.24) is 0 Å². The molecule has 0 amide bonds. The Morgan fingerprint density at radius 3 is 2.50 bits per heavy atom. The summed E-state index contributed by atoms with van der Waals surface area (Å²) < 4.78 is 41.8. The molecule has 1 N–H and O–H groups in total. The average Bonchev–Trinajstić information content (AvgIpc) is 2.27. The summed E-state index contributed by atoms with van der Waals surface area (Å²) in [7, 11) is 0. The summed E-state index contributed by atoms with van der Waals surface area (Å²) in [5, 5.41) is 9.42. The fourth-order valence-corrected chi connectivity index (χ4v) is 1.48. The Labute approximate surface area is 97.3 Å². The summed E-state index contributed by atoms with van der Waals surface area (Å²) in [5.41, 5.74) is -3.26. The average molecular weight is 258 g/mol. The molecule has 0 bridgehead atoms. The van der Waals surface area contributed by atoms with E-state index in [2.05, 4.69) is 4.42 Å². The van der Waals surface area contributed by atoms with Crippen molar-refractivity contribution in [3.05, 3.63) is 39.7 Å². The van der Waals surface area contributed by atoms with E-state index in [0.717, 1.165) is 12.1 Å². The fraction of sp³-hybridized carbons (Fsp3) is 0.0909. The molecule has 4 nitrogen and oxygen atoms in total. The molecular weight excluding hydrogens is 253 g/mol. The van der Waals surface area contributed by atoms with Crippen LogP contribution < -0.4 is 5.63 Å². The second kappa shape index (κ2) is 3.86. The van der Waals surface area contributed by atoms with Gasteiger partial charge in [-0.2, -0.15) is 13.2 Å². The van der Waals surface area contributed by atoms with E-state index in [1.54, 1.807) is 0 Å². The van der Waals surface area contributed by atoms with Gasteiger partial charge < -0.3 is 9.52 Å². The standard InChI is InChI=1S/C11H5F3O4/c12-11(13,14)5-1-2-6-8(3-5)18-10(17)7(4-15)9(6)16/h1-4,16H. The summed E-state index contributed by atoms with van der Waals surface area (Å²) in [6, 6.07) is 2.24. The van der Waals surface area contributed by atoms with E-state index in [0.29, 0.717) is 6.07 Å². The number of carbonyl (C=O) groups is 1. The number of aromatic hydroxyl groups is 1. The van der Waals surface area contributed by atoms with Gasteiger partial charge in [-0.15, -0.1) is 0 Å². The van der Waals surface area contributed by atoms with Gasteiger partial charge in [-0.1, -0.05) is 0 Å². The van der Waals surface area contributed by atoms with Gasteiger partial charge in [0, 0.05) is 0 Å². The lowest BCUT2D eigenvalue weighted by Gasteiger charge is -2.08. The lowest BCUT2D eigenvalue weighted by molar-refractivity contribution is -0.137. The molecule has 1 aromatic carbocycles. The second-order valence-electron chi connectivity index (χ2n) is 3.48. The van der Waals surface area contributed by atoms with E-state index < -0.39 is 34.3 Å². The molecule has 2 rings (SSSR count). The number of halogens is 3. The number of benzene rings is 1. The third-order valence-corrected chi connectivity index (χ3v) is 2.36. The van der Waals surface area contributed by atoms with E-state index in [1.165, 1.54) is 0 Å². The predicted molar refractivity (Wildman–Crippen MR) is 54.5 cm³/mol. The highest BCUT2D eigenvalue weighted by molar-refractivity contribution is 5.92. The van der Waals surface area contributed by atoms with E-state index in [4.69, 9.17) is 0 Å². The number of carbonyl (C=O) groups excluding carboxylic acids is 1. The Morgan fingerprint density at radius 1 is 1.28 bits per heavy atom. The van der Waals surface area contributed by atoms with Gasteiger partial charge in [-0.25, -0.2) is 4.79 Å². The van der Waals surface area contributed by atoms with Gasteiger partial charge in [0.15, 0.2) is 6.29 Å². The minimum Gasteiger partial charge on any atom is -0.506 e. The van der Waals surface area contributed by atoms with Crippen LogP contribution in [-0.4, -0.2) is 11.4 Å². The highest BCUT2D eigenvalue weighted by Gasteiger charge is 2.31. The zero-order valence-corrected chi connectivity index (χ0v) is 8.62. The molecule has 0 atom stereocenters. The largest absolute Gasteiger partial charge is 0.506 e. The third-order valence-electron chi connectivity index (χ3n) is 2.36. The molecule has 0 aliphatic heterocycles. The van der Waals surface area contributed by atoms with Crippen LogP contribution in [0.15, 0.2) is 27.4 Å². The lowest BCUT2D eigenvalue weighted by atomic mass is 10.1. The van der Waals surface area contributed by atoms with Crippen LogP contribution in [-0.2, 0) is 6.18 Å². The van der Waals surface area contributed by atoms with Crippen LogP contribution in [0.3, 0.4) is 0 Å². The van der Waals surface area contributed by atoms with Gasteiger partial charge in [-0.05, 0) is 18.2 Å². The van der Waals surface area contributed by atoms with Crippen LogP contribution in [0.25, 0.3) is 11.0 Å². The van der Waals surface area contributed by atoms with Crippen molar-refractivity contribution < 1.29 is 27.5 Å². The molecule has 1 heterocycles. The smallest absolute Gasteiger partial charge is 0.416 e. The fourth-order valence-electron chi connectivity index (χ4n) is 1.48. The maximum atomic E-state index is 12.4. The van der Waals surface area contributed by atoms with Crippen molar-refractivity contribution >= 4 is 17.3 Å². The van der Waals surface area contributed by atoms with Crippen molar-refractivity contribution in [3.8, 4) is 5.75 Å². The molecule has 0 radical (unpaired) electrons. The van der Waals surface area contributed by atoms with Crippen LogP contribution in [0, 0.1) is 0 Å². The maximum Gasteiger partial charge on any atom is 0.416 e. The van der Waals surface area contributed by atoms with Crippen LogP contribution in [0.2, 0.25) is 0 Å². The van der Waals surface area contributed by atoms with Gasteiger partial charge in [0.25, 0.3) is 0 Å². The number of rotatable bonds is 1. The maximum absolute atomic E-state index is 12.4. The first-order valence-corrected chi connectivity index (χ1v) is 4.67. The molecule has 2 aromatic rings. The SMILES string of the molecule is O=Cc1c(O)c2ccc(C(F)(F)F)cc2oc1=O. The van der Waals surface area contributed by atoms with Gasteiger partial charge in [0.05, 0.1) is 10.9 Å². The summed E-state index contributed by atoms with van der Waals surface area (Å²) in [4.78, 5) is 21.7. The van der Waals surface area contributed by atoms with Gasteiger partial charge >= 0.3 is 11.8 Å². The van der Waals surface area contributed by atoms with Crippen molar-refractivity contribution in [2.75, 3.05) is 0 Å². The van der Waals surface area contributed by atoms with Crippen LogP contribution in [0.5, 0.6) is 5.75 Å². The predicted octanol–water partition coefficient (Wildman–Crippen LogP) is 2.33. The van der Waals surface area contributed by atoms with E-state index >= 15 is 0 Å². The van der Waals surface area contributed by atoms with Crippen LogP contribution >= 0.6 is 0 Å². The molecular formula is C11H5F3O4. The Morgan fingerprint density at radius 2 is 1.94 bits per heavy atom. The summed E-state index contributed by atoms with van der Waals surface area (Å²) in [6.45, 7) is 0. The van der Waals surface area contributed by atoms with Crippen molar-refractivity contribution in [3.63, 3.8) is 0 Å². The first-order chi connectivity index (χ1) is 8.34. The lowest BCUT2D eigenvalue weighted by Crippen LogP contribution is -2.08. The van der Waals surface area contributed by atoms with Crippen molar-refractivity contribution in [1.29, 1.82) is 0 Å². The number of aldehydes is 1. The van der Waals surface area contributed by atoms with Gasteiger partial charge in [-0.3, -0.25) is 4.79 Å². The van der Waals surface area contributed by atoms with Crippen LogP contribution in [0.1, 0.15) is 15.9 Å². The van der Waals surface area contributed by atoms with Crippen LogP contribution in [0.4, 0.5) is 13.2 Å². The highest BCUT2D eigenvalue weighted by Crippen LogP contribution is 2.33. The Bertz CT molecular complexity index is 685. The van der Waals surface area contributed by atoms with E-state index in [9.17, 15) is 27.9 Å². The van der Waals surface area contributed by atoms with E-state index in [-0.39, 0.29) is 11.7 Å². The molecule has 0 fully saturated rings. The summed E-state index contributed by atoms with van der Waals surface area (Å²) in [6.07, 6.45) is -4.51. The zero-order valence-electron chi connectivity index (χ0n) is 8.62. The number of hydrogen-bond acceptors (Lipinski definition) is 4. The quantitative estimate of drug-likeness (QED) is 0.629. The molecule has 18 heavy (non-hydrogen) atoms. The van der Waals surface area contributed by atoms with Crippen molar-refractivity contribution in [2.45, 2.75) is 6.18 Å². The van der Waals surface area contributed by atoms with Gasteiger partial charge in [0.1, 0.15) is 16.9 Å². The van der Waals surface area contributed by atoms with E-state index in [1.807, 2.05) is 0 Å².